The maximum absolute atomic E-state index is 12.5. The summed E-state index contributed by atoms with van der Waals surface area (Å²) in [4.78, 5) is 11.5. The van der Waals surface area contributed by atoms with E-state index in [0.29, 0.717) is 18.0 Å². The van der Waals surface area contributed by atoms with Crippen LogP contribution in [0, 0.1) is 0 Å². The summed E-state index contributed by atoms with van der Waals surface area (Å²) in [6.45, 7) is 2.30. The molecule has 24 heavy (non-hydrogen) atoms. The predicted octanol–water partition coefficient (Wildman–Crippen LogP) is 3.33. The van der Waals surface area contributed by atoms with E-state index in [4.69, 9.17) is 16.3 Å². The van der Waals surface area contributed by atoms with Crippen molar-refractivity contribution < 1.29 is 22.7 Å². The molecule has 8 heteroatoms. The summed E-state index contributed by atoms with van der Waals surface area (Å²) in [5.41, 5.74) is 0.320. The summed E-state index contributed by atoms with van der Waals surface area (Å²) < 4.78 is 37.4. The molecule has 1 N–H and O–H groups in total. The minimum Gasteiger partial charge on any atom is -0.494 e. The molecule has 128 valence electrons. The van der Waals surface area contributed by atoms with Crippen LogP contribution in [0.4, 0.5) is 5.69 Å². The van der Waals surface area contributed by atoms with Crippen molar-refractivity contribution in [3.63, 3.8) is 0 Å². The van der Waals surface area contributed by atoms with Gasteiger partial charge >= 0.3 is 5.97 Å². The minimum absolute atomic E-state index is 0.0230. The first kappa shape index (κ1) is 18.1. The fraction of sp³-hybridized carbons (Fsp3) is 0.188. The Morgan fingerprint density at radius 3 is 2.62 bits per heavy atom. The van der Waals surface area contributed by atoms with Gasteiger partial charge in [0.05, 0.1) is 34.9 Å². The average molecular weight is 370 g/mol. The molecule has 2 rings (SSSR count). The zero-order valence-electron chi connectivity index (χ0n) is 13.1. The lowest BCUT2D eigenvalue weighted by Gasteiger charge is -2.11. The number of methoxy groups -OCH3 is 1. The van der Waals surface area contributed by atoms with E-state index in [0.717, 1.165) is 0 Å². The molecule has 0 aliphatic heterocycles. The highest BCUT2D eigenvalue weighted by atomic mass is 35.5. The molecule has 0 atom stereocenters. The Labute approximate surface area is 145 Å². The molecular weight excluding hydrogens is 354 g/mol. The number of hydrogen-bond acceptors (Lipinski definition) is 5. The molecule has 0 unspecified atom stereocenters. The highest BCUT2D eigenvalue weighted by Crippen LogP contribution is 2.24. The first-order valence-corrected chi connectivity index (χ1v) is 8.87. The summed E-state index contributed by atoms with van der Waals surface area (Å²) in [5.74, 6) is -0.167. The van der Waals surface area contributed by atoms with Gasteiger partial charge in [-0.05, 0) is 37.3 Å². The van der Waals surface area contributed by atoms with Crippen LogP contribution in [0.5, 0.6) is 5.75 Å². The molecule has 0 saturated carbocycles. The standard InChI is InChI=1S/C16H16ClNO5S/c1-3-23-12-6-4-5-11(9-12)18-24(20,21)13-7-8-15(17)14(10-13)16(19)22-2/h4-10,18H,3H2,1-2H3. The number of halogens is 1. The maximum atomic E-state index is 12.5. The van der Waals surface area contributed by atoms with Gasteiger partial charge in [-0.15, -0.1) is 0 Å². The third-order valence-corrected chi connectivity index (χ3v) is 4.76. The van der Waals surface area contributed by atoms with Crippen LogP contribution in [0.3, 0.4) is 0 Å². The highest BCUT2D eigenvalue weighted by molar-refractivity contribution is 7.92. The van der Waals surface area contributed by atoms with Crippen molar-refractivity contribution in [1.82, 2.24) is 0 Å². The molecule has 0 fully saturated rings. The fourth-order valence-electron chi connectivity index (χ4n) is 1.97. The van der Waals surface area contributed by atoms with Crippen molar-refractivity contribution >= 4 is 33.3 Å². The summed E-state index contributed by atoms with van der Waals surface area (Å²) >= 11 is 5.90. The second-order valence-corrected chi connectivity index (χ2v) is 6.79. The Balaban J connectivity index is 2.34. The number of carbonyl (C=O) groups excluding carboxylic acids is 1. The third-order valence-electron chi connectivity index (χ3n) is 3.05. The molecule has 0 aliphatic carbocycles. The van der Waals surface area contributed by atoms with E-state index in [-0.39, 0.29) is 15.5 Å². The number of sulfonamides is 1. The Morgan fingerprint density at radius 1 is 1.21 bits per heavy atom. The van der Waals surface area contributed by atoms with Gasteiger partial charge in [-0.2, -0.15) is 0 Å². The molecule has 0 amide bonds. The van der Waals surface area contributed by atoms with E-state index in [2.05, 4.69) is 9.46 Å². The average Bonchev–Trinajstić information content (AvgIpc) is 2.54. The monoisotopic (exact) mass is 369 g/mol. The van der Waals surface area contributed by atoms with Gasteiger partial charge in [0.2, 0.25) is 0 Å². The predicted molar refractivity (Wildman–Crippen MR) is 91.2 cm³/mol. The van der Waals surface area contributed by atoms with E-state index in [1.165, 1.54) is 25.3 Å². The Kier molecular flexibility index (Phi) is 5.69. The van der Waals surface area contributed by atoms with Gasteiger partial charge in [0.1, 0.15) is 5.75 Å². The first-order chi connectivity index (χ1) is 11.4. The molecule has 0 bridgehead atoms. The maximum Gasteiger partial charge on any atom is 0.339 e. The zero-order chi connectivity index (χ0) is 17.7. The van der Waals surface area contributed by atoms with Crippen molar-refractivity contribution in [3.05, 3.63) is 53.1 Å². The smallest absolute Gasteiger partial charge is 0.339 e. The van der Waals surface area contributed by atoms with Crippen molar-refractivity contribution in [2.24, 2.45) is 0 Å². The van der Waals surface area contributed by atoms with Gasteiger partial charge in [0.15, 0.2) is 0 Å². The van der Waals surface area contributed by atoms with Crippen LogP contribution >= 0.6 is 11.6 Å². The minimum atomic E-state index is -3.90. The van der Waals surface area contributed by atoms with Crippen LogP contribution in [0.15, 0.2) is 47.4 Å². The Morgan fingerprint density at radius 2 is 1.96 bits per heavy atom. The molecule has 0 aromatic heterocycles. The number of benzene rings is 2. The van der Waals surface area contributed by atoms with Crippen molar-refractivity contribution in [3.8, 4) is 5.75 Å². The second kappa shape index (κ2) is 7.55. The van der Waals surface area contributed by atoms with Crippen LogP contribution in [0.2, 0.25) is 5.02 Å². The molecule has 0 radical (unpaired) electrons. The summed E-state index contributed by atoms with van der Waals surface area (Å²) in [6.07, 6.45) is 0. The lowest BCUT2D eigenvalue weighted by molar-refractivity contribution is 0.0600. The molecule has 2 aromatic carbocycles. The highest BCUT2D eigenvalue weighted by Gasteiger charge is 2.19. The SMILES string of the molecule is CCOc1cccc(NS(=O)(=O)c2ccc(Cl)c(C(=O)OC)c2)c1. The molecule has 0 heterocycles. The zero-order valence-corrected chi connectivity index (χ0v) is 14.6. The van der Waals surface area contributed by atoms with E-state index >= 15 is 0 Å². The van der Waals surface area contributed by atoms with Crippen LogP contribution in [-0.4, -0.2) is 28.1 Å². The third kappa shape index (κ3) is 4.18. The quantitative estimate of drug-likeness (QED) is 0.790. The molecule has 0 aliphatic rings. The van der Waals surface area contributed by atoms with E-state index in [1.807, 2.05) is 6.92 Å². The molecule has 0 saturated heterocycles. The van der Waals surface area contributed by atoms with Gasteiger partial charge in [-0.1, -0.05) is 17.7 Å². The van der Waals surface area contributed by atoms with E-state index in [1.54, 1.807) is 24.3 Å². The lowest BCUT2D eigenvalue weighted by atomic mass is 10.2. The Hall–Kier alpha value is -2.25. The second-order valence-electron chi connectivity index (χ2n) is 4.70. The van der Waals surface area contributed by atoms with Crippen LogP contribution < -0.4 is 9.46 Å². The molecule has 6 nitrogen and oxygen atoms in total. The number of nitrogens with one attached hydrogen (secondary N) is 1. The topological polar surface area (TPSA) is 81.7 Å². The van der Waals surface area contributed by atoms with Gasteiger partial charge in [0, 0.05) is 6.07 Å². The van der Waals surface area contributed by atoms with Gasteiger partial charge in [-0.25, -0.2) is 13.2 Å². The number of anilines is 1. The lowest BCUT2D eigenvalue weighted by Crippen LogP contribution is -2.14. The number of carbonyl (C=O) groups is 1. The molecular formula is C16H16ClNO5S. The van der Waals surface area contributed by atoms with Crippen LogP contribution in [0.25, 0.3) is 0 Å². The number of esters is 1. The Bertz CT molecular complexity index is 851. The normalized spacial score (nSPS) is 11.0. The van der Waals surface area contributed by atoms with Crippen LogP contribution in [0.1, 0.15) is 17.3 Å². The number of rotatable bonds is 6. The van der Waals surface area contributed by atoms with Gasteiger partial charge in [-0.3, -0.25) is 4.72 Å². The van der Waals surface area contributed by atoms with Crippen molar-refractivity contribution in [2.45, 2.75) is 11.8 Å². The fourth-order valence-corrected chi connectivity index (χ4v) is 3.24. The summed E-state index contributed by atoms with van der Waals surface area (Å²) in [6, 6.07) is 10.4. The number of ether oxygens (including phenoxy) is 2. The van der Waals surface area contributed by atoms with Gasteiger partial charge < -0.3 is 9.47 Å². The molecule has 2 aromatic rings. The number of hydrogen-bond donors (Lipinski definition) is 1. The summed E-state index contributed by atoms with van der Waals surface area (Å²) in [7, 11) is -2.71. The van der Waals surface area contributed by atoms with Crippen molar-refractivity contribution in [2.75, 3.05) is 18.4 Å². The first-order valence-electron chi connectivity index (χ1n) is 7.01. The van der Waals surface area contributed by atoms with Crippen molar-refractivity contribution in [1.29, 1.82) is 0 Å². The molecule has 0 spiro atoms. The largest absolute Gasteiger partial charge is 0.494 e. The van der Waals surface area contributed by atoms with E-state index < -0.39 is 16.0 Å². The van der Waals surface area contributed by atoms with Crippen LogP contribution in [-0.2, 0) is 14.8 Å². The van der Waals surface area contributed by atoms with Gasteiger partial charge in [0.25, 0.3) is 10.0 Å². The van der Waals surface area contributed by atoms with E-state index in [9.17, 15) is 13.2 Å². The summed E-state index contributed by atoms with van der Waals surface area (Å²) in [5, 5.41) is 0.110.